The zero-order valence-corrected chi connectivity index (χ0v) is 17.6. The maximum atomic E-state index is 12.3. The van der Waals surface area contributed by atoms with Crippen LogP contribution < -0.4 is 20.1 Å². The molecule has 0 bridgehead atoms. The van der Waals surface area contributed by atoms with Crippen LogP contribution >= 0.6 is 0 Å². The molecule has 0 saturated carbocycles. The van der Waals surface area contributed by atoms with Gasteiger partial charge in [0.25, 0.3) is 11.8 Å². The second-order valence-corrected chi connectivity index (χ2v) is 6.99. The van der Waals surface area contributed by atoms with E-state index in [0.29, 0.717) is 22.3 Å². The van der Waals surface area contributed by atoms with Gasteiger partial charge in [-0.25, -0.2) is 0 Å². The van der Waals surface area contributed by atoms with Crippen LogP contribution in [0, 0.1) is 0 Å². The first kappa shape index (κ1) is 24.6. The quantitative estimate of drug-likeness (QED) is 0.414. The standard InChI is InChI=1S/C24H20F4N2O4/c25-23(26)33-19-9-1-15(2-10-19)13-29-21(31)17-5-7-18(8-6-17)22(32)30-14-16-3-11-20(12-4-16)34-24(27)28/h1-12,23-24H,13-14H2,(H,29,31)(H,30,32). The third kappa shape index (κ3) is 7.51. The lowest BCUT2D eigenvalue weighted by Crippen LogP contribution is -2.24. The van der Waals surface area contributed by atoms with Crippen molar-refractivity contribution in [3.63, 3.8) is 0 Å². The number of benzene rings is 3. The van der Waals surface area contributed by atoms with E-state index in [1.807, 2.05) is 0 Å². The molecular weight excluding hydrogens is 456 g/mol. The van der Waals surface area contributed by atoms with E-state index in [1.165, 1.54) is 48.5 Å². The number of alkyl halides is 4. The van der Waals surface area contributed by atoms with Crippen LogP contribution in [0.2, 0.25) is 0 Å². The minimum Gasteiger partial charge on any atom is -0.435 e. The van der Waals surface area contributed by atoms with Crippen molar-refractivity contribution >= 4 is 11.8 Å². The minimum absolute atomic E-state index is 0.0247. The molecule has 3 rings (SSSR count). The van der Waals surface area contributed by atoms with Crippen LogP contribution in [0.5, 0.6) is 11.5 Å². The molecule has 178 valence electrons. The highest BCUT2D eigenvalue weighted by atomic mass is 19.3. The fourth-order valence-electron chi connectivity index (χ4n) is 2.92. The molecule has 0 atom stereocenters. The van der Waals surface area contributed by atoms with Crippen LogP contribution in [0.3, 0.4) is 0 Å². The van der Waals surface area contributed by atoms with Crippen LogP contribution in [0.15, 0.2) is 72.8 Å². The smallest absolute Gasteiger partial charge is 0.387 e. The number of nitrogens with one attached hydrogen (secondary N) is 2. The largest absolute Gasteiger partial charge is 0.435 e. The van der Waals surface area contributed by atoms with E-state index in [1.54, 1.807) is 24.3 Å². The molecule has 0 heterocycles. The van der Waals surface area contributed by atoms with Gasteiger partial charge in [-0.05, 0) is 59.7 Å². The van der Waals surface area contributed by atoms with Crippen molar-refractivity contribution in [2.24, 2.45) is 0 Å². The van der Waals surface area contributed by atoms with Gasteiger partial charge in [-0.3, -0.25) is 9.59 Å². The van der Waals surface area contributed by atoms with Crippen LogP contribution in [-0.4, -0.2) is 25.0 Å². The van der Waals surface area contributed by atoms with Gasteiger partial charge in [0, 0.05) is 24.2 Å². The minimum atomic E-state index is -2.91. The number of carbonyl (C=O) groups is 2. The van der Waals surface area contributed by atoms with E-state index in [0.717, 1.165) is 0 Å². The van der Waals surface area contributed by atoms with Gasteiger partial charge in [-0.15, -0.1) is 0 Å². The Kier molecular flexibility index (Phi) is 8.44. The van der Waals surface area contributed by atoms with Gasteiger partial charge in [0.15, 0.2) is 0 Å². The monoisotopic (exact) mass is 476 g/mol. The van der Waals surface area contributed by atoms with E-state index >= 15 is 0 Å². The first-order valence-corrected chi connectivity index (χ1v) is 10.0. The molecule has 6 nitrogen and oxygen atoms in total. The predicted molar refractivity (Wildman–Crippen MR) is 115 cm³/mol. The Morgan fingerprint density at radius 2 is 0.912 bits per heavy atom. The predicted octanol–water partition coefficient (Wildman–Crippen LogP) is 4.75. The second-order valence-electron chi connectivity index (χ2n) is 6.99. The molecule has 0 unspecified atom stereocenters. The molecule has 0 spiro atoms. The second kappa shape index (κ2) is 11.7. The SMILES string of the molecule is O=C(NCc1ccc(OC(F)F)cc1)c1ccc(C(=O)NCc2ccc(OC(F)F)cc2)cc1. The summed E-state index contributed by atoms with van der Waals surface area (Å²) in [6, 6.07) is 17.8. The number of halogens is 4. The topological polar surface area (TPSA) is 76.7 Å². The summed E-state index contributed by atoms with van der Waals surface area (Å²) in [5.41, 5.74) is 2.06. The summed E-state index contributed by atoms with van der Waals surface area (Å²) < 4.78 is 57.3. The van der Waals surface area contributed by atoms with Crippen molar-refractivity contribution in [3.8, 4) is 11.5 Å². The Labute approximate surface area is 192 Å². The Bertz CT molecular complexity index is 1000. The highest BCUT2D eigenvalue weighted by molar-refractivity contribution is 5.97. The van der Waals surface area contributed by atoms with Crippen molar-refractivity contribution in [2.75, 3.05) is 0 Å². The molecule has 0 radical (unpaired) electrons. The van der Waals surface area contributed by atoms with Crippen LogP contribution in [0.25, 0.3) is 0 Å². The number of carbonyl (C=O) groups excluding carboxylic acids is 2. The maximum absolute atomic E-state index is 12.3. The fraction of sp³-hybridized carbons (Fsp3) is 0.167. The van der Waals surface area contributed by atoms with Gasteiger partial charge in [-0.2, -0.15) is 17.6 Å². The Hall–Kier alpha value is -4.08. The molecule has 0 saturated heterocycles. The van der Waals surface area contributed by atoms with Crippen molar-refractivity contribution in [1.29, 1.82) is 0 Å². The number of ether oxygens (including phenoxy) is 2. The number of hydrogen-bond donors (Lipinski definition) is 2. The highest BCUT2D eigenvalue weighted by Crippen LogP contribution is 2.16. The zero-order valence-electron chi connectivity index (χ0n) is 17.6. The Morgan fingerprint density at radius 3 is 1.21 bits per heavy atom. The van der Waals surface area contributed by atoms with Gasteiger partial charge < -0.3 is 20.1 Å². The molecule has 3 aromatic rings. The van der Waals surface area contributed by atoms with Gasteiger partial charge in [-0.1, -0.05) is 24.3 Å². The molecular formula is C24H20F4N2O4. The van der Waals surface area contributed by atoms with Crippen molar-refractivity contribution in [3.05, 3.63) is 95.1 Å². The lowest BCUT2D eigenvalue weighted by Gasteiger charge is -2.09. The van der Waals surface area contributed by atoms with Gasteiger partial charge in [0.05, 0.1) is 0 Å². The number of amides is 2. The third-order valence-electron chi connectivity index (χ3n) is 4.61. The van der Waals surface area contributed by atoms with Crippen molar-refractivity contribution in [1.82, 2.24) is 10.6 Å². The summed E-state index contributed by atoms with van der Waals surface area (Å²) in [4.78, 5) is 24.6. The number of rotatable bonds is 10. The third-order valence-corrected chi connectivity index (χ3v) is 4.61. The van der Waals surface area contributed by atoms with E-state index in [4.69, 9.17) is 0 Å². The van der Waals surface area contributed by atoms with E-state index in [2.05, 4.69) is 20.1 Å². The van der Waals surface area contributed by atoms with Crippen molar-refractivity contribution < 1.29 is 36.6 Å². The van der Waals surface area contributed by atoms with Gasteiger partial charge >= 0.3 is 13.2 Å². The highest BCUT2D eigenvalue weighted by Gasteiger charge is 2.10. The molecule has 34 heavy (non-hydrogen) atoms. The molecule has 0 aliphatic rings. The summed E-state index contributed by atoms with van der Waals surface area (Å²) in [5, 5.41) is 5.40. The average Bonchev–Trinajstić information content (AvgIpc) is 2.82. The molecule has 0 aromatic heterocycles. The zero-order chi connectivity index (χ0) is 24.5. The average molecular weight is 476 g/mol. The first-order chi connectivity index (χ1) is 16.3. The maximum Gasteiger partial charge on any atom is 0.387 e. The summed E-state index contributed by atoms with van der Waals surface area (Å²) >= 11 is 0. The molecule has 0 fully saturated rings. The Morgan fingerprint density at radius 1 is 0.588 bits per heavy atom. The summed E-state index contributed by atoms with van der Waals surface area (Å²) in [5.74, 6) is -0.689. The van der Waals surface area contributed by atoms with Crippen LogP contribution in [0.4, 0.5) is 17.6 Å². The van der Waals surface area contributed by atoms with Crippen LogP contribution in [-0.2, 0) is 13.1 Å². The summed E-state index contributed by atoms with van der Waals surface area (Å²) in [7, 11) is 0. The van der Waals surface area contributed by atoms with Crippen molar-refractivity contribution in [2.45, 2.75) is 26.3 Å². The number of hydrogen-bond acceptors (Lipinski definition) is 4. The lowest BCUT2D eigenvalue weighted by molar-refractivity contribution is -0.0505. The van der Waals surface area contributed by atoms with Gasteiger partial charge in [0.1, 0.15) is 11.5 Å². The van der Waals surface area contributed by atoms with E-state index in [9.17, 15) is 27.2 Å². The van der Waals surface area contributed by atoms with E-state index in [-0.39, 0.29) is 36.4 Å². The molecule has 2 amide bonds. The fourth-order valence-corrected chi connectivity index (χ4v) is 2.92. The van der Waals surface area contributed by atoms with E-state index < -0.39 is 13.2 Å². The molecule has 10 heteroatoms. The normalized spacial score (nSPS) is 10.8. The summed E-state index contributed by atoms with van der Waals surface area (Å²) in [6.07, 6.45) is 0. The lowest BCUT2D eigenvalue weighted by atomic mass is 10.1. The molecule has 0 aliphatic heterocycles. The molecule has 3 aromatic carbocycles. The summed E-state index contributed by atoms with van der Waals surface area (Å²) in [6.45, 7) is -5.46. The van der Waals surface area contributed by atoms with Gasteiger partial charge in [0.2, 0.25) is 0 Å². The molecule has 0 aliphatic carbocycles. The molecule has 2 N–H and O–H groups in total. The van der Waals surface area contributed by atoms with Crippen LogP contribution in [0.1, 0.15) is 31.8 Å². The first-order valence-electron chi connectivity index (χ1n) is 10.0. The Balaban J connectivity index is 1.47.